The van der Waals surface area contributed by atoms with Crippen molar-refractivity contribution < 1.29 is 18.9 Å². The number of oxazole rings is 1. The van der Waals surface area contributed by atoms with Crippen LogP contribution in [0, 0.1) is 13.7 Å². The molecule has 1 saturated heterocycles. The van der Waals surface area contributed by atoms with E-state index < -0.39 is 10.8 Å². The first-order chi connectivity index (χ1) is 17.9. The zero-order valence-electron chi connectivity index (χ0n) is 19.3. The fraction of sp³-hybridized carbons (Fsp3) is 0.160. The summed E-state index contributed by atoms with van der Waals surface area (Å²) in [5.41, 5.74) is 3.28. The molecule has 5 rings (SSSR count). The monoisotopic (exact) mass is 629 g/mol. The van der Waals surface area contributed by atoms with E-state index in [-0.39, 0.29) is 16.4 Å². The van der Waals surface area contributed by atoms with Crippen LogP contribution in [0.5, 0.6) is 0 Å². The number of halogens is 1. The zero-order chi connectivity index (χ0) is 25.9. The molecule has 1 aliphatic rings. The van der Waals surface area contributed by atoms with E-state index in [0.29, 0.717) is 54.7 Å². The fourth-order valence-electron chi connectivity index (χ4n) is 3.98. The lowest BCUT2D eigenvalue weighted by molar-refractivity contribution is -0.384. The normalized spacial score (nSPS) is 13.4. The Balaban J connectivity index is 1.33. The van der Waals surface area contributed by atoms with Crippen LogP contribution in [-0.4, -0.2) is 47.2 Å². The average molecular weight is 629 g/mol. The van der Waals surface area contributed by atoms with Crippen LogP contribution in [-0.2, 0) is 4.74 Å². The van der Waals surface area contributed by atoms with E-state index in [0.717, 1.165) is 9.13 Å². The Bertz CT molecular complexity index is 1520. The van der Waals surface area contributed by atoms with Crippen LogP contribution in [0.25, 0.3) is 22.6 Å². The van der Waals surface area contributed by atoms with Gasteiger partial charge < -0.3 is 19.4 Å². The molecule has 0 unspecified atom stereocenters. The second-order valence-electron chi connectivity index (χ2n) is 8.18. The fourth-order valence-corrected chi connectivity index (χ4v) is 4.74. The second kappa shape index (κ2) is 10.8. The Morgan fingerprint density at radius 3 is 2.68 bits per heavy atom. The van der Waals surface area contributed by atoms with E-state index in [4.69, 9.17) is 21.4 Å². The molecular weight excluding hydrogens is 609 g/mol. The number of nitro groups is 1. The van der Waals surface area contributed by atoms with Crippen LogP contribution in [0.2, 0.25) is 0 Å². The number of carbonyl (C=O) groups is 1. The molecule has 0 spiro atoms. The van der Waals surface area contributed by atoms with E-state index in [9.17, 15) is 14.9 Å². The van der Waals surface area contributed by atoms with Gasteiger partial charge in [0.2, 0.25) is 5.89 Å². The van der Waals surface area contributed by atoms with Gasteiger partial charge in [-0.2, -0.15) is 0 Å². The number of benzene rings is 3. The molecule has 10 nitrogen and oxygen atoms in total. The number of fused-ring (bicyclic) bond motifs is 1. The maximum Gasteiger partial charge on any atom is 0.270 e. The summed E-state index contributed by atoms with van der Waals surface area (Å²) in [5, 5.41) is 17.0. The van der Waals surface area contributed by atoms with Gasteiger partial charge in [0.05, 0.1) is 29.4 Å². The predicted octanol–water partition coefficient (Wildman–Crippen LogP) is 4.97. The highest BCUT2D eigenvalue weighted by Gasteiger charge is 2.23. The highest BCUT2D eigenvalue weighted by atomic mass is 127. The summed E-state index contributed by atoms with van der Waals surface area (Å²) in [6.07, 6.45) is 0. The molecule has 0 radical (unpaired) electrons. The number of rotatable bonds is 5. The van der Waals surface area contributed by atoms with Gasteiger partial charge in [-0.15, -0.1) is 0 Å². The van der Waals surface area contributed by atoms with Gasteiger partial charge in [-0.05, 0) is 77.3 Å². The summed E-state index contributed by atoms with van der Waals surface area (Å²) in [5.74, 6) is -0.0472. The third kappa shape index (κ3) is 5.70. The molecule has 0 saturated carbocycles. The highest BCUT2D eigenvalue weighted by molar-refractivity contribution is 14.1. The van der Waals surface area contributed by atoms with E-state index in [1.165, 1.54) is 12.1 Å². The number of anilines is 2. The molecule has 0 aliphatic carbocycles. The number of non-ortho nitro benzene ring substituents is 1. The molecule has 3 aromatic carbocycles. The van der Waals surface area contributed by atoms with Gasteiger partial charge in [0.1, 0.15) is 5.52 Å². The summed E-state index contributed by atoms with van der Waals surface area (Å²) in [6, 6.07) is 17.4. The van der Waals surface area contributed by atoms with Gasteiger partial charge in [0, 0.05) is 40.0 Å². The number of carbonyl (C=O) groups excluding carboxylic acids is 1. The van der Waals surface area contributed by atoms with Gasteiger partial charge in [-0.3, -0.25) is 20.2 Å². The van der Waals surface area contributed by atoms with Crippen molar-refractivity contribution in [1.82, 2.24) is 10.3 Å². The molecule has 37 heavy (non-hydrogen) atoms. The summed E-state index contributed by atoms with van der Waals surface area (Å²) in [4.78, 5) is 30.5. The number of aromatic nitrogens is 1. The van der Waals surface area contributed by atoms with Crippen LogP contribution in [0.3, 0.4) is 0 Å². The molecule has 1 aliphatic heterocycles. The number of amides is 1. The Kier molecular flexibility index (Phi) is 7.30. The van der Waals surface area contributed by atoms with Gasteiger partial charge in [-0.1, -0.05) is 6.07 Å². The lowest BCUT2D eigenvalue weighted by Gasteiger charge is -2.30. The van der Waals surface area contributed by atoms with Crippen molar-refractivity contribution in [3.63, 3.8) is 0 Å². The minimum absolute atomic E-state index is 0.0464. The number of thiocarbonyl (C=S) groups is 1. The Morgan fingerprint density at radius 2 is 1.92 bits per heavy atom. The highest BCUT2D eigenvalue weighted by Crippen LogP contribution is 2.28. The van der Waals surface area contributed by atoms with E-state index >= 15 is 0 Å². The van der Waals surface area contributed by atoms with Gasteiger partial charge in [0.25, 0.3) is 11.6 Å². The molecule has 4 aromatic rings. The number of nitrogens with zero attached hydrogens (tertiary/aromatic N) is 3. The number of hydrogen-bond acceptors (Lipinski definition) is 8. The topological polar surface area (TPSA) is 123 Å². The molecule has 0 atom stereocenters. The maximum absolute atomic E-state index is 13.1. The summed E-state index contributed by atoms with van der Waals surface area (Å²) < 4.78 is 12.3. The number of nitro benzene ring substituents is 1. The molecule has 0 bridgehead atoms. The van der Waals surface area contributed by atoms with Gasteiger partial charge in [-0.25, -0.2) is 4.98 Å². The van der Waals surface area contributed by atoms with E-state index in [2.05, 4.69) is 38.2 Å². The zero-order valence-corrected chi connectivity index (χ0v) is 22.2. The Labute approximate surface area is 230 Å². The van der Waals surface area contributed by atoms with Crippen LogP contribution >= 0.6 is 34.8 Å². The van der Waals surface area contributed by atoms with Crippen molar-refractivity contribution in [2.24, 2.45) is 0 Å². The molecule has 1 aromatic heterocycles. The number of hydrogen-bond donors (Lipinski definition) is 2. The molecule has 188 valence electrons. The standard InChI is InChI=1S/C25H20IN5O5S/c26-16-3-1-2-15(12-16)24-28-20-13-17(4-7-22(20)36-24)27-25(37)29-23(32)19-14-18(31(33)34)5-6-21(19)30-8-10-35-11-9-30/h1-7,12-14H,8-11H2,(H2,27,29,32,37). The largest absolute Gasteiger partial charge is 0.436 e. The van der Waals surface area contributed by atoms with E-state index in [1.54, 1.807) is 24.3 Å². The van der Waals surface area contributed by atoms with Crippen molar-refractivity contribution in [1.29, 1.82) is 0 Å². The third-order valence-electron chi connectivity index (χ3n) is 5.73. The van der Waals surface area contributed by atoms with Crippen LogP contribution < -0.4 is 15.5 Å². The number of nitrogens with one attached hydrogen (secondary N) is 2. The third-order valence-corrected chi connectivity index (χ3v) is 6.61. The molecule has 1 fully saturated rings. The lowest BCUT2D eigenvalue weighted by atomic mass is 10.1. The van der Waals surface area contributed by atoms with Gasteiger partial charge in [0.15, 0.2) is 10.7 Å². The second-order valence-corrected chi connectivity index (χ2v) is 9.83. The summed E-state index contributed by atoms with van der Waals surface area (Å²) in [6.45, 7) is 2.16. The predicted molar refractivity (Wildman–Crippen MR) is 152 cm³/mol. The van der Waals surface area contributed by atoms with Crippen molar-refractivity contribution in [3.8, 4) is 11.5 Å². The molecule has 12 heteroatoms. The average Bonchev–Trinajstić information content (AvgIpc) is 3.32. The lowest BCUT2D eigenvalue weighted by Crippen LogP contribution is -2.39. The minimum Gasteiger partial charge on any atom is -0.436 e. The first kappa shape index (κ1) is 25.0. The van der Waals surface area contributed by atoms with Crippen LogP contribution in [0.1, 0.15) is 10.4 Å². The number of morpholine rings is 1. The first-order valence-electron chi connectivity index (χ1n) is 11.3. The van der Waals surface area contributed by atoms with Crippen LogP contribution in [0.15, 0.2) is 65.1 Å². The Hall–Kier alpha value is -3.62. The molecule has 1 amide bonds. The van der Waals surface area contributed by atoms with Crippen molar-refractivity contribution >= 4 is 74.0 Å². The maximum atomic E-state index is 13.1. The van der Waals surface area contributed by atoms with Crippen molar-refractivity contribution in [2.75, 3.05) is 36.5 Å². The quantitative estimate of drug-likeness (QED) is 0.136. The van der Waals surface area contributed by atoms with E-state index in [1.807, 2.05) is 29.2 Å². The minimum atomic E-state index is -0.550. The first-order valence-corrected chi connectivity index (χ1v) is 12.8. The van der Waals surface area contributed by atoms with Crippen LogP contribution in [0.4, 0.5) is 17.1 Å². The van der Waals surface area contributed by atoms with Gasteiger partial charge >= 0.3 is 0 Å². The smallest absolute Gasteiger partial charge is 0.270 e. The van der Waals surface area contributed by atoms with Crippen molar-refractivity contribution in [3.05, 3.63) is 79.9 Å². The SMILES string of the molecule is O=C(NC(=S)Nc1ccc2oc(-c3cccc(I)c3)nc2c1)c1cc([N+](=O)[O-])ccc1N1CCOCC1. The molecular formula is C25H20IN5O5S. The summed E-state index contributed by atoms with van der Waals surface area (Å²) in [7, 11) is 0. The molecule has 2 heterocycles. The van der Waals surface area contributed by atoms with Crippen molar-refractivity contribution in [2.45, 2.75) is 0 Å². The molecule has 2 N–H and O–H groups in total. The Morgan fingerprint density at radius 1 is 1.11 bits per heavy atom. The number of ether oxygens (including phenoxy) is 1. The summed E-state index contributed by atoms with van der Waals surface area (Å²) >= 11 is 7.59.